The summed E-state index contributed by atoms with van der Waals surface area (Å²) in [6, 6.07) is 28.7. The Hall–Kier alpha value is -4.82. The molecule has 0 bridgehead atoms. The van der Waals surface area contributed by atoms with Crippen molar-refractivity contribution in [1.82, 2.24) is 10.6 Å². The van der Waals surface area contributed by atoms with Gasteiger partial charge in [-0.25, -0.2) is 0 Å². The number of phenolic OH excluding ortho intramolecular Hbond substituents is 2. The van der Waals surface area contributed by atoms with Crippen molar-refractivity contribution in [2.24, 2.45) is 0 Å². The van der Waals surface area contributed by atoms with Gasteiger partial charge in [0.05, 0.1) is 9.81 Å². The molecular weight excluding hydrogens is 675 g/mol. The maximum atomic E-state index is 11.8. The Labute approximate surface area is 290 Å². The number of carbonyl (C=O) groups excluding carboxylic acids is 2. The fourth-order valence-corrected chi connectivity index (χ4v) is 6.06. The highest BCUT2D eigenvalue weighted by Gasteiger charge is 2.23. The SMILES string of the molecule is CC.N=O.O=C1NC(=S)S/C1=C\c1ccc(Oc2cccc(O)c2)cc1.O=C1NC(=S)S/C1=C\c1ccccc1-c1ccc(O)cc1. The van der Waals surface area contributed by atoms with Crippen molar-refractivity contribution in [3.05, 3.63) is 123 Å². The summed E-state index contributed by atoms with van der Waals surface area (Å²) in [5.41, 5.74) is 8.29. The number of carbonyl (C=O) groups is 2. The van der Waals surface area contributed by atoms with Crippen LogP contribution < -0.4 is 15.4 Å². The van der Waals surface area contributed by atoms with Crippen molar-refractivity contribution >= 4 is 80.6 Å². The Balaban J connectivity index is 0.000000231. The first kappa shape index (κ1) is 36.6. The number of ether oxygens (including phenoxy) is 1. The summed E-state index contributed by atoms with van der Waals surface area (Å²) in [5, 5.41) is 24.0. The van der Waals surface area contributed by atoms with Gasteiger partial charge in [0.2, 0.25) is 0 Å². The molecule has 2 amide bonds. The molecule has 0 spiro atoms. The van der Waals surface area contributed by atoms with E-state index in [1.165, 1.54) is 29.6 Å². The minimum Gasteiger partial charge on any atom is -0.508 e. The van der Waals surface area contributed by atoms with E-state index in [2.05, 4.69) is 16.2 Å². The van der Waals surface area contributed by atoms with Crippen molar-refractivity contribution in [3.63, 3.8) is 0 Å². The Kier molecular flexibility index (Phi) is 14.3. The molecule has 9 nitrogen and oxygen atoms in total. The molecule has 4 aromatic carbocycles. The summed E-state index contributed by atoms with van der Waals surface area (Å²) < 4.78 is 6.59. The Morgan fingerprint density at radius 2 is 1.26 bits per heavy atom. The van der Waals surface area contributed by atoms with E-state index in [1.807, 2.05) is 68.5 Å². The molecule has 47 heavy (non-hydrogen) atoms. The zero-order chi connectivity index (χ0) is 34.3. The van der Waals surface area contributed by atoms with Crippen LogP contribution in [-0.2, 0) is 9.59 Å². The van der Waals surface area contributed by atoms with Crippen LogP contribution in [0.3, 0.4) is 0 Å². The molecule has 0 saturated carbocycles. The molecule has 0 radical (unpaired) electrons. The summed E-state index contributed by atoms with van der Waals surface area (Å²) in [5.74, 6) is 1.25. The van der Waals surface area contributed by atoms with Crippen molar-refractivity contribution in [2.75, 3.05) is 0 Å². The van der Waals surface area contributed by atoms with Crippen molar-refractivity contribution in [3.8, 4) is 34.1 Å². The minimum atomic E-state index is -0.171. The van der Waals surface area contributed by atoms with Gasteiger partial charge in [-0.05, 0) is 70.8 Å². The second-order valence-corrected chi connectivity index (χ2v) is 12.4. The van der Waals surface area contributed by atoms with Gasteiger partial charge in [0, 0.05) is 6.07 Å². The van der Waals surface area contributed by atoms with Gasteiger partial charge in [0.1, 0.15) is 31.6 Å². The maximum Gasteiger partial charge on any atom is 0.263 e. The van der Waals surface area contributed by atoms with Gasteiger partial charge < -0.3 is 25.6 Å². The van der Waals surface area contributed by atoms with E-state index in [4.69, 9.17) is 34.1 Å². The number of phenols is 2. The highest BCUT2D eigenvalue weighted by molar-refractivity contribution is 8.27. The number of amides is 2. The number of nitroso groups, excluding NO2 is 1. The van der Waals surface area contributed by atoms with Gasteiger partial charge in [-0.2, -0.15) is 4.91 Å². The van der Waals surface area contributed by atoms with Gasteiger partial charge in [-0.1, -0.05) is 122 Å². The molecule has 5 N–H and O–H groups in total. The normalized spacial score (nSPS) is 14.9. The van der Waals surface area contributed by atoms with Crippen LogP contribution in [0, 0.1) is 10.5 Å². The first-order valence-electron chi connectivity index (χ1n) is 13.9. The van der Waals surface area contributed by atoms with E-state index in [9.17, 15) is 19.8 Å². The number of hydrogen-bond donors (Lipinski definition) is 5. The molecule has 6 rings (SSSR count). The van der Waals surface area contributed by atoms with Crippen LogP contribution in [0.5, 0.6) is 23.0 Å². The summed E-state index contributed by atoms with van der Waals surface area (Å²) in [4.78, 5) is 32.0. The molecule has 2 aliphatic rings. The first-order valence-corrected chi connectivity index (χ1v) is 16.3. The Bertz CT molecular complexity index is 1810. The highest BCUT2D eigenvalue weighted by atomic mass is 32.2. The van der Waals surface area contributed by atoms with E-state index in [0.29, 0.717) is 30.0 Å². The smallest absolute Gasteiger partial charge is 0.263 e. The molecule has 0 aromatic heterocycles. The quantitative estimate of drug-likeness (QED) is 0.0777. The Morgan fingerprint density at radius 3 is 1.81 bits per heavy atom. The van der Waals surface area contributed by atoms with Crippen LogP contribution in [0.1, 0.15) is 25.0 Å². The van der Waals surface area contributed by atoms with Crippen LogP contribution in [0.4, 0.5) is 0 Å². The van der Waals surface area contributed by atoms with Crippen molar-refractivity contribution < 1.29 is 24.5 Å². The third-order valence-corrected chi connectivity index (χ3v) is 8.27. The molecule has 13 heteroatoms. The number of benzene rings is 4. The second-order valence-electron chi connectivity index (χ2n) is 9.01. The molecule has 2 fully saturated rings. The molecule has 0 aliphatic carbocycles. The molecule has 240 valence electrons. The molecule has 4 aromatic rings. The molecular formula is C34H29N3O6S4. The topological polar surface area (TPSA) is 149 Å². The lowest BCUT2D eigenvalue weighted by Crippen LogP contribution is -2.17. The number of rotatable bonds is 5. The van der Waals surface area contributed by atoms with Crippen LogP contribution >= 0.6 is 48.0 Å². The molecule has 0 atom stereocenters. The van der Waals surface area contributed by atoms with Gasteiger partial charge >= 0.3 is 0 Å². The standard InChI is InChI=1S/C16H11NO3S2.C16H11NO2S2.C2H6.HNO/c18-11-2-1-3-13(9-11)20-12-6-4-10(5-7-12)8-14-15(19)17-16(21)22-14;18-12-7-5-10(6-8-12)13-4-2-1-3-11(13)9-14-15(19)17-16(20)21-14;2*1-2/h1-9,18H,(H,17,19,21);1-9,18H,(H,17,19,20);1-2H3;1H/b14-8-;14-9-;;. The third kappa shape index (κ3) is 10.9. The first-order chi connectivity index (χ1) is 22.7. The lowest BCUT2D eigenvalue weighted by molar-refractivity contribution is -0.116. The number of aromatic hydroxyl groups is 2. The summed E-state index contributed by atoms with van der Waals surface area (Å²) in [6.07, 6.45) is 3.61. The van der Waals surface area contributed by atoms with Crippen LogP contribution in [-0.4, -0.2) is 30.7 Å². The summed E-state index contributed by atoms with van der Waals surface area (Å²) >= 11 is 12.5. The number of thioether (sulfide) groups is 2. The number of hydrogen-bond acceptors (Lipinski definition) is 11. The minimum absolute atomic E-state index is 0.152. The lowest BCUT2D eigenvalue weighted by atomic mass is 9.99. The van der Waals surface area contributed by atoms with E-state index < -0.39 is 0 Å². The average molecular weight is 704 g/mol. The van der Waals surface area contributed by atoms with Crippen molar-refractivity contribution in [1.29, 1.82) is 5.59 Å². The molecule has 2 heterocycles. The highest BCUT2D eigenvalue weighted by Crippen LogP contribution is 2.32. The molecule has 0 unspecified atom stereocenters. The van der Waals surface area contributed by atoms with Crippen LogP contribution in [0.15, 0.2) is 107 Å². The van der Waals surface area contributed by atoms with E-state index in [-0.39, 0.29) is 23.3 Å². The fourth-order valence-electron chi connectivity index (χ4n) is 3.98. The second kappa shape index (κ2) is 18.4. The average Bonchev–Trinajstić information content (AvgIpc) is 3.57. The summed E-state index contributed by atoms with van der Waals surface area (Å²) in [7, 11) is 0. The van der Waals surface area contributed by atoms with E-state index in [0.717, 1.165) is 22.3 Å². The molecule has 2 aliphatic heterocycles. The predicted octanol–water partition coefficient (Wildman–Crippen LogP) is 8.58. The third-order valence-electron chi connectivity index (χ3n) is 5.94. The fraction of sp³-hybridized carbons (Fsp3) is 0.0588. The predicted molar refractivity (Wildman–Crippen MR) is 198 cm³/mol. The lowest BCUT2D eigenvalue weighted by Gasteiger charge is -2.07. The van der Waals surface area contributed by atoms with Gasteiger partial charge in [0.15, 0.2) is 0 Å². The number of nitrogens with one attached hydrogen (secondary N) is 3. The number of thiocarbonyl (C=S) groups is 2. The van der Waals surface area contributed by atoms with E-state index >= 15 is 0 Å². The monoisotopic (exact) mass is 703 g/mol. The van der Waals surface area contributed by atoms with Gasteiger partial charge in [-0.15, -0.1) is 0 Å². The van der Waals surface area contributed by atoms with Crippen LogP contribution in [0.25, 0.3) is 23.3 Å². The zero-order valence-electron chi connectivity index (χ0n) is 25.1. The van der Waals surface area contributed by atoms with Crippen molar-refractivity contribution in [2.45, 2.75) is 13.8 Å². The Morgan fingerprint density at radius 1 is 0.681 bits per heavy atom. The zero-order valence-corrected chi connectivity index (χ0v) is 28.3. The van der Waals surface area contributed by atoms with Gasteiger partial charge in [0.25, 0.3) is 11.8 Å². The maximum absolute atomic E-state index is 11.8. The van der Waals surface area contributed by atoms with E-state index in [1.54, 1.807) is 48.5 Å². The molecule has 2 saturated heterocycles. The summed E-state index contributed by atoms with van der Waals surface area (Å²) in [6.45, 7) is 4.00. The largest absolute Gasteiger partial charge is 0.508 e. The van der Waals surface area contributed by atoms with Crippen LogP contribution in [0.2, 0.25) is 0 Å². The van der Waals surface area contributed by atoms with Gasteiger partial charge in [-0.3, -0.25) is 9.59 Å².